The fraction of sp³-hybridized carbons (Fsp3) is 0.273. The van der Waals surface area contributed by atoms with Crippen molar-refractivity contribution in [2.75, 3.05) is 0 Å². The SMILES string of the molecule is NC(=O)O[C@H](Cc1ccccc1C(F)(F)F)n1ncnn1. The molecule has 112 valence electrons. The van der Waals surface area contributed by atoms with Gasteiger partial charge in [-0.2, -0.15) is 13.2 Å². The highest BCUT2D eigenvalue weighted by Crippen LogP contribution is 2.33. The molecule has 10 heteroatoms. The molecule has 0 bridgehead atoms. The van der Waals surface area contributed by atoms with E-state index in [2.05, 4.69) is 15.4 Å². The van der Waals surface area contributed by atoms with Crippen LogP contribution in [0.25, 0.3) is 0 Å². The summed E-state index contributed by atoms with van der Waals surface area (Å²) in [7, 11) is 0. The van der Waals surface area contributed by atoms with E-state index in [9.17, 15) is 18.0 Å². The third kappa shape index (κ3) is 3.68. The molecule has 2 aromatic rings. The monoisotopic (exact) mass is 301 g/mol. The van der Waals surface area contributed by atoms with Crippen LogP contribution < -0.4 is 5.73 Å². The smallest absolute Gasteiger partial charge is 0.416 e. The van der Waals surface area contributed by atoms with Gasteiger partial charge in [0.25, 0.3) is 0 Å². The molecule has 0 aliphatic heterocycles. The summed E-state index contributed by atoms with van der Waals surface area (Å²) < 4.78 is 43.5. The van der Waals surface area contributed by atoms with Gasteiger partial charge < -0.3 is 10.5 Å². The Bertz CT molecular complexity index is 615. The Kier molecular flexibility index (Phi) is 4.05. The van der Waals surface area contributed by atoms with Gasteiger partial charge in [0.1, 0.15) is 0 Å². The molecule has 0 saturated heterocycles. The molecule has 0 aliphatic rings. The van der Waals surface area contributed by atoms with Crippen LogP contribution in [-0.2, 0) is 17.3 Å². The standard InChI is InChI=1S/C11H10F3N5O2/c12-11(13,14)8-4-2-1-3-7(8)5-9(21-10(15)20)19-17-6-16-18-19/h1-4,6,9H,5H2,(H2,15,20)/t9-/m1/s1. The number of halogens is 3. The molecule has 1 amide bonds. The van der Waals surface area contributed by atoms with Crippen LogP contribution in [0, 0.1) is 0 Å². The lowest BCUT2D eigenvalue weighted by Gasteiger charge is -2.18. The first kappa shape index (κ1) is 14.8. The minimum Gasteiger partial charge on any atom is -0.422 e. The molecular formula is C11H10F3N5O2. The molecule has 0 aliphatic carbocycles. The van der Waals surface area contributed by atoms with E-state index in [4.69, 9.17) is 10.5 Å². The molecule has 1 aromatic heterocycles. The van der Waals surface area contributed by atoms with Gasteiger partial charge in [-0.25, -0.2) is 4.79 Å². The van der Waals surface area contributed by atoms with Gasteiger partial charge in [-0.05, 0) is 16.8 Å². The average Bonchev–Trinajstić information content (AvgIpc) is 2.90. The third-order valence-corrected chi connectivity index (χ3v) is 2.59. The fourth-order valence-electron chi connectivity index (χ4n) is 1.77. The van der Waals surface area contributed by atoms with E-state index in [-0.39, 0.29) is 12.0 Å². The number of nitrogens with two attached hydrogens (primary N) is 1. The number of amides is 1. The van der Waals surface area contributed by atoms with Crippen molar-refractivity contribution in [3.8, 4) is 0 Å². The third-order valence-electron chi connectivity index (χ3n) is 2.59. The van der Waals surface area contributed by atoms with Crippen molar-refractivity contribution in [3.63, 3.8) is 0 Å². The largest absolute Gasteiger partial charge is 0.422 e. The minimum atomic E-state index is -4.52. The summed E-state index contributed by atoms with van der Waals surface area (Å²) in [5.74, 6) is 0. The Labute approximate surface area is 116 Å². The van der Waals surface area contributed by atoms with E-state index in [1.54, 1.807) is 0 Å². The summed E-state index contributed by atoms with van der Waals surface area (Å²) in [6.45, 7) is 0. The predicted molar refractivity (Wildman–Crippen MR) is 62.7 cm³/mol. The zero-order valence-electron chi connectivity index (χ0n) is 10.5. The zero-order chi connectivity index (χ0) is 15.5. The Balaban J connectivity index is 2.31. The highest BCUT2D eigenvalue weighted by atomic mass is 19.4. The summed E-state index contributed by atoms with van der Waals surface area (Å²) in [6.07, 6.45) is -6.12. The number of rotatable bonds is 4. The number of carbonyl (C=O) groups is 1. The molecule has 0 fully saturated rings. The van der Waals surface area contributed by atoms with Gasteiger partial charge in [0, 0.05) is 6.42 Å². The van der Waals surface area contributed by atoms with Crippen molar-refractivity contribution in [2.45, 2.75) is 18.8 Å². The second-order valence-electron chi connectivity index (χ2n) is 4.01. The van der Waals surface area contributed by atoms with Crippen molar-refractivity contribution in [1.82, 2.24) is 20.2 Å². The van der Waals surface area contributed by atoms with Crippen LogP contribution in [0.1, 0.15) is 17.4 Å². The van der Waals surface area contributed by atoms with Crippen molar-refractivity contribution < 1.29 is 22.7 Å². The first-order valence-corrected chi connectivity index (χ1v) is 5.71. The highest BCUT2D eigenvalue weighted by Gasteiger charge is 2.34. The molecule has 2 N–H and O–H groups in total. The van der Waals surface area contributed by atoms with Gasteiger partial charge in [0.05, 0.1) is 5.56 Å². The van der Waals surface area contributed by atoms with E-state index in [0.29, 0.717) is 0 Å². The van der Waals surface area contributed by atoms with Crippen molar-refractivity contribution in [3.05, 3.63) is 41.7 Å². The molecule has 1 atom stereocenters. The van der Waals surface area contributed by atoms with Crippen LogP contribution >= 0.6 is 0 Å². The van der Waals surface area contributed by atoms with Gasteiger partial charge >= 0.3 is 12.3 Å². The summed E-state index contributed by atoms with van der Waals surface area (Å²) >= 11 is 0. The maximum absolute atomic E-state index is 12.9. The molecule has 1 heterocycles. The molecule has 1 aromatic carbocycles. The zero-order valence-corrected chi connectivity index (χ0v) is 10.5. The summed E-state index contributed by atoms with van der Waals surface area (Å²) in [6, 6.07) is 4.92. The van der Waals surface area contributed by atoms with Crippen LogP contribution in [0.5, 0.6) is 0 Å². The number of benzene rings is 1. The van der Waals surface area contributed by atoms with Gasteiger partial charge in [0.2, 0.25) is 6.23 Å². The van der Waals surface area contributed by atoms with Gasteiger partial charge in [-0.3, -0.25) is 0 Å². The minimum absolute atomic E-state index is 0.0754. The summed E-state index contributed by atoms with van der Waals surface area (Å²) in [4.78, 5) is 11.7. The van der Waals surface area contributed by atoms with Crippen LogP contribution in [-0.4, -0.2) is 26.3 Å². The van der Waals surface area contributed by atoms with Crippen LogP contribution in [0.4, 0.5) is 18.0 Å². The Morgan fingerprint density at radius 3 is 2.67 bits per heavy atom. The van der Waals surface area contributed by atoms with E-state index >= 15 is 0 Å². The van der Waals surface area contributed by atoms with Gasteiger partial charge in [0.15, 0.2) is 6.33 Å². The molecule has 21 heavy (non-hydrogen) atoms. The average molecular weight is 301 g/mol. The molecule has 0 saturated carbocycles. The van der Waals surface area contributed by atoms with E-state index in [1.807, 2.05) is 0 Å². The Morgan fingerprint density at radius 1 is 1.38 bits per heavy atom. The van der Waals surface area contributed by atoms with Crippen molar-refractivity contribution in [2.24, 2.45) is 5.73 Å². The number of primary amides is 1. The van der Waals surface area contributed by atoms with Crippen LogP contribution in [0.15, 0.2) is 30.6 Å². The molecule has 7 nitrogen and oxygen atoms in total. The van der Waals surface area contributed by atoms with Crippen molar-refractivity contribution in [1.29, 1.82) is 0 Å². The lowest BCUT2D eigenvalue weighted by Crippen LogP contribution is -2.26. The number of tetrazole rings is 1. The lowest BCUT2D eigenvalue weighted by molar-refractivity contribution is -0.138. The first-order valence-electron chi connectivity index (χ1n) is 5.71. The maximum Gasteiger partial charge on any atom is 0.416 e. The van der Waals surface area contributed by atoms with Crippen molar-refractivity contribution >= 4 is 6.09 Å². The Morgan fingerprint density at radius 2 is 2.10 bits per heavy atom. The number of ether oxygens (including phenoxy) is 1. The number of nitrogens with zero attached hydrogens (tertiary/aromatic N) is 4. The van der Waals surface area contributed by atoms with E-state index in [1.165, 1.54) is 18.2 Å². The lowest BCUT2D eigenvalue weighted by atomic mass is 10.0. The molecule has 0 radical (unpaired) electrons. The number of alkyl halides is 3. The maximum atomic E-state index is 12.9. The summed E-state index contributed by atoms with van der Waals surface area (Å²) in [5.41, 5.74) is 4.00. The van der Waals surface area contributed by atoms with Gasteiger partial charge in [-0.1, -0.05) is 18.2 Å². The fourth-order valence-corrected chi connectivity index (χ4v) is 1.77. The first-order chi connectivity index (χ1) is 9.88. The molecular weight excluding hydrogens is 291 g/mol. The van der Waals surface area contributed by atoms with Gasteiger partial charge in [-0.15, -0.1) is 15.0 Å². The number of carbonyl (C=O) groups excluding carboxylic acids is 1. The quantitative estimate of drug-likeness (QED) is 0.923. The normalized spacial score (nSPS) is 12.9. The topological polar surface area (TPSA) is 95.9 Å². The molecule has 2 rings (SSSR count). The number of aromatic nitrogens is 4. The van der Waals surface area contributed by atoms with Crippen LogP contribution in [0.3, 0.4) is 0 Å². The second-order valence-corrected chi connectivity index (χ2v) is 4.01. The number of hydrogen-bond donors (Lipinski definition) is 1. The van der Waals surface area contributed by atoms with Crippen LogP contribution in [0.2, 0.25) is 0 Å². The Hall–Kier alpha value is -2.65. The van der Waals surface area contributed by atoms with E-state index < -0.39 is 24.1 Å². The molecule has 0 spiro atoms. The number of hydrogen-bond acceptors (Lipinski definition) is 5. The molecule has 0 unspecified atom stereocenters. The second kappa shape index (κ2) is 5.77. The predicted octanol–water partition coefficient (Wildman–Crippen LogP) is 1.53. The summed E-state index contributed by atoms with van der Waals surface area (Å²) in [5, 5.41) is 10.5. The van der Waals surface area contributed by atoms with E-state index in [0.717, 1.165) is 17.2 Å². The highest BCUT2D eigenvalue weighted by molar-refractivity contribution is 5.64.